The first-order chi connectivity index (χ1) is 10.8. The van der Waals surface area contributed by atoms with Crippen molar-refractivity contribution in [3.8, 4) is 5.75 Å². The maximum Gasteiger partial charge on any atom is 0.223 e. The van der Waals surface area contributed by atoms with Crippen molar-refractivity contribution in [3.63, 3.8) is 0 Å². The summed E-state index contributed by atoms with van der Waals surface area (Å²) in [5, 5.41) is 6.65. The van der Waals surface area contributed by atoms with E-state index in [-0.39, 0.29) is 11.5 Å². The van der Waals surface area contributed by atoms with Gasteiger partial charge in [-0.15, -0.1) is 0 Å². The van der Waals surface area contributed by atoms with Gasteiger partial charge >= 0.3 is 0 Å². The Hall–Kier alpha value is -1.55. The fraction of sp³-hybridized carbons (Fsp3) is 0.611. The Balaban J connectivity index is 1.36. The van der Waals surface area contributed by atoms with Gasteiger partial charge in [0.25, 0.3) is 0 Å². The second-order valence-electron chi connectivity index (χ2n) is 6.95. The lowest BCUT2D eigenvalue weighted by Gasteiger charge is -2.48. The summed E-state index contributed by atoms with van der Waals surface area (Å²) in [6.07, 6.45) is 6.77. The van der Waals surface area contributed by atoms with Crippen molar-refractivity contribution in [3.05, 3.63) is 29.8 Å². The van der Waals surface area contributed by atoms with E-state index < -0.39 is 0 Å². The summed E-state index contributed by atoms with van der Waals surface area (Å²) in [7, 11) is 0. The molecular weight excluding hydrogens is 276 g/mol. The highest BCUT2D eigenvalue weighted by atomic mass is 16.5. The van der Waals surface area contributed by atoms with Gasteiger partial charge in [-0.2, -0.15) is 0 Å². The molecule has 4 heteroatoms. The van der Waals surface area contributed by atoms with Crippen molar-refractivity contribution in [1.82, 2.24) is 10.6 Å². The van der Waals surface area contributed by atoms with Gasteiger partial charge < -0.3 is 15.4 Å². The largest absolute Gasteiger partial charge is 0.487 e. The Bertz CT molecular complexity index is 564. The number of benzene rings is 1. The third kappa shape index (κ3) is 2.72. The molecule has 1 atom stereocenters. The monoisotopic (exact) mass is 300 g/mol. The molecule has 1 aromatic rings. The quantitative estimate of drug-likeness (QED) is 0.822. The van der Waals surface area contributed by atoms with Crippen LogP contribution in [0.5, 0.6) is 5.75 Å². The van der Waals surface area contributed by atoms with Crippen LogP contribution in [0.2, 0.25) is 0 Å². The topological polar surface area (TPSA) is 50.4 Å². The number of rotatable bonds is 5. The minimum atomic E-state index is 0.0588. The molecule has 4 nitrogen and oxygen atoms in total. The zero-order chi connectivity index (χ0) is 15.0. The van der Waals surface area contributed by atoms with Crippen molar-refractivity contribution in [1.29, 1.82) is 0 Å². The van der Waals surface area contributed by atoms with Crippen LogP contribution in [-0.4, -0.2) is 24.6 Å². The van der Waals surface area contributed by atoms with E-state index in [9.17, 15) is 4.79 Å². The van der Waals surface area contributed by atoms with Gasteiger partial charge in [0.05, 0.1) is 0 Å². The molecular formula is C18H24N2O2. The van der Waals surface area contributed by atoms with Gasteiger partial charge in [-0.05, 0) is 38.2 Å². The van der Waals surface area contributed by atoms with Crippen molar-refractivity contribution < 1.29 is 9.53 Å². The molecule has 2 N–H and O–H groups in total. The molecule has 0 saturated heterocycles. The van der Waals surface area contributed by atoms with Crippen LogP contribution in [0.4, 0.5) is 0 Å². The highest BCUT2D eigenvalue weighted by molar-refractivity contribution is 5.80. The highest BCUT2D eigenvalue weighted by Gasteiger charge is 2.45. The van der Waals surface area contributed by atoms with E-state index in [1.54, 1.807) is 0 Å². The van der Waals surface area contributed by atoms with E-state index in [0.717, 1.165) is 44.4 Å². The van der Waals surface area contributed by atoms with Crippen LogP contribution in [0.1, 0.15) is 50.1 Å². The molecule has 22 heavy (non-hydrogen) atoms. The lowest BCUT2D eigenvalue weighted by molar-refractivity contribution is -0.122. The molecule has 118 valence electrons. The van der Waals surface area contributed by atoms with Gasteiger partial charge in [0, 0.05) is 37.0 Å². The number of carbonyl (C=O) groups excluding carboxylic acids is 1. The molecule has 1 spiro atoms. The molecule has 4 rings (SSSR count). The van der Waals surface area contributed by atoms with Crippen molar-refractivity contribution >= 4 is 5.91 Å². The number of ether oxygens (including phenoxy) is 1. The van der Waals surface area contributed by atoms with E-state index in [1.807, 2.05) is 6.07 Å². The second kappa shape index (κ2) is 5.58. The van der Waals surface area contributed by atoms with Crippen LogP contribution in [0.15, 0.2) is 24.3 Å². The second-order valence-corrected chi connectivity index (χ2v) is 6.95. The van der Waals surface area contributed by atoms with Crippen molar-refractivity contribution in [2.45, 2.75) is 50.2 Å². The number of carbonyl (C=O) groups is 1. The maximum absolute atomic E-state index is 11.7. The molecule has 1 amide bonds. The molecule has 2 fully saturated rings. The lowest BCUT2D eigenvalue weighted by atomic mass is 9.73. The molecule has 3 aliphatic rings. The average Bonchev–Trinajstić information content (AvgIpc) is 3.34. The SMILES string of the molecule is O=C(NCCN[C@H]1CC2(CCC2)Oc2ccccc21)C1CC1. The summed E-state index contributed by atoms with van der Waals surface area (Å²) in [4.78, 5) is 11.7. The Labute approximate surface area is 131 Å². The van der Waals surface area contributed by atoms with Gasteiger partial charge in [0.15, 0.2) is 0 Å². The number of amides is 1. The standard InChI is InChI=1S/C18H24N2O2/c21-17(13-6-7-13)20-11-10-19-15-12-18(8-3-9-18)22-16-5-2-1-4-14(15)16/h1-2,4-5,13,15,19H,3,6-12H2,(H,20,21)/t15-/m0/s1. The van der Waals surface area contributed by atoms with Crippen LogP contribution < -0.4 is 15.4 Å². The molecule has 2 saturated carbocycles. The number of hydrogen-bond acceptors (Lipinski definition) is 3. The zero-order valence-electron chi connectivity index (χ0n) is 12.9. The van der Waals surface area contributed by atoms with Gasteiger partial charge in [0.1, 0.15) is 11.4 Å². The Morgan fingerprint density at radius 3 is 2.77 bits per heavy atom. The summed E-state index contributed by atoms with van der Waals surface area (Å²) in [6, 6.07) is 8.69. The minimum Gasteiger partial charge on any atom is -0.487 e. The molecule has 0 aromatic heterocycles. The van der Waals surface area contributed by atoms with E-state index in [0.29, 0.717) is 18.5 Å². The molecule has 2 aliphatic carbocycles. The molecule has 0 bridgehead atoms. The maximum atomic E-state index is 11.7. The molecule has 0 unspecified atom stereocenters. The van der Waals surface area contributed by atoms with Crippen LogP contribution in [0.3, 0.4) is 0 Å². The third-order valence-electron chi connectivity index (χ3n) is 5.22. The van der Waals surface area contributed by atoms with Crippen LogP contribution >= 0.6 is 0 Å². The van der Waals surface area contributed by atoms with Gasteiger partial charge in [-0.1, -0.05) is 18.2 Å². The molecule has 0 radical (unpaired) electrons. The van der Waals surface area contributed by atoms with Crippen molar-refractivity contribution in [2.75, 3.05) is 13.1 Å². The fourth-order valence-corrected chi connectivity index (χ4v) is 3.60. The third-order valence-corrected chi connectivity index (χ3v) is 5.22. The summed E-state index contributed by atoms with van der Waals surface area (Å²) < 4.78 is 6.26. The molecule has 1 aromatic carbocycles. The average molecular weight is 300 g/mol. The Kier molecular flexibility index (Phi) is 3.57. The minimum absolute atomic E-state index is 0.0588. The van der Waals surface area contributed by atoms with Gasteiger partial charge in [-0.3, -0.25) is 4.79 Å². The first-order valence-electron chi connectivity index (χ1n) is 8.55. The Morgan fingerprint density at radius 1 is 1.23 bits per heavy atom. The summed E-state index contributed by atoms with van der Waals surface area (Å²) in [5.41, 5.74) is 1.32. The van der Waals surface area contributed by atoms with E-state index in [1.165, 1.54) is 12.0 Å². The van der Waals surface area contributed by atoms with Crippen molar-refractivity contribution in [2.24, 2.45) is 5.92 Å². The smallest absolute Gasteiger partial charge is 0.223 e. The first kappa shape index (κ1) is 14.1. The fourth-order valence-electron chi connectivity index (χ4n) is 3.60. The summed E-state index contributed by atoms with van der Waals surface area (Å²) in [5.74, 6) is 1.56. The predicted octanol–water partition coefficient (Wildman–Crippen LogP) is 2.55. The summed E-state index contributed by atoms with van der Waals surface area (Å²) >= 11 is 0. The van der Waals surface area contributed by atoms with E-state index >= 15 is 0 Å². The van der Waals surface area contributed by atoms with Gasteiger partial charge in [0.2, 0.25) is 5.91 Å². The van der Waals surface area contributed by atoms with Crippen LogP contribution in [0, 0.1) is 5.92 Å². The number of fused-ring (bicyclic) bond motifs is 1. The van der Waals surface area contributed by atoms with Gasteiger partial charge in [-0.25, -0.2) is 0 Å². The lowest BCUT2D eigenvalue weighted by Crippen LogP contribution is -2.49. The predicted molar refractivity (Wildman–Crippen MR) is 84.7 cm³/mol. The number of nitrogens with one attached hydrogen (secondary N) is 2. The number of hydrogen-bond donors (Lipinski definition) is 2. The van der Waals surface area contributed by atoms with Crippen LogP contribution in [0.25, 0.3) is 0 Å². The van der Waals surface area contributed by atoms with Crippen LogP contribution in [-0.2, 0) is 4.79 Å². The summed E-state index contributed by atoms with van der Waals surface area (Å²) in [6.45, 7) is 1.52. The normalized spacial score (nSPS) is 25.0. The molecule has 1 aliphatic heterocycles. The first-order valence-corrected chi connectivity index (χ1v) is 8.55. The van der Waals surface area contributed by atoms with E-state index in [4.69, 9.17) is 4.74 Å². The molecule has 1 heterocycles. The van der Waals surface area contributed by atoms with E-state index in [2.05, 4.69) is 28.8 Å². The zero-order valence-corrected chi connectivity index (χ0v) is 12.9. The highest BCUT2D eigenvalue weighted by Crippen LogP contribution is 2.48. The Morgan fingerprint density at radius 2 is 2.05 bits per heavy atom. The number of para-hydroxylation sites is 1.